The van der Waals surface area contributed by atoms with Crippen LogP contribution in [0.2, 0.25) is 0 Å². The first-order valence-electron chi connectivity index (χ1n) is 5.01. The van der Waals surface area contributed by atoms with Crippen molar-refractivity contribution in [3.05, 3.63) is 36.1 Å². The van der Waals surface area contributed by atoms with Crippen molar-refractivity contribution in [1.29, 1.82) is 0 Å². The maximum absolute atomic E-state index is 10.5. The Bertz CT molecular complexity index is 533. The van der Waals surface area contributed by atoms with Crippen molar-refractivity contribution >= 4 is 5.97 Å². The highest BCUT2D eigenvalue weighted by molar-refractivity contribution is 5.71. The van der Waals surface area contributed by atoms with E-state index in [0.717, 1.165) is 5.56 Å². The Kier molecular flexibility index (Phi) is 3.09. The van der Waals surface area contributed by atoms with Gasteiger partial charge in [-0.15, -0.1) is 0 Å². The van der Waals surface area contributed by atoms with Gasteiger partial charge in [-0.1, -0.05) is 17.3 Å². The average Bonchev–Trinajstić information content (AvgIpc) is 2.76. The molecular weight excluding hydrogens is 222 g/mol. The number of benzene rings is 1. The molecule has 5 heteroatoms. The molecular formula is C12H11NO4. The van der Waals surface area contributed by atoms with Crippen LogP contribution in [-0.2, 0) is 11.2 Å². The van der Waals surface area contributed by atoms with E-state index < -0.39 is 5.97 Å². The van der Waals surface area contributed by atoms with E-state index in [-0.39, 0.29) is 6.42 Å². The minimum absolute atomic E-state index is 0.178. The lowest BCUT2D eigenvalue weighted by molar-refractivity contribution is -0.136. The average molecular weight is 233 g/mol. The fourth-order valence-corrected chi connectivity index (χ4v) is 1.53. The van der Waals surface area contributed by atoms with Crippen molar-refractivity contribution in [3.63, 3.8) is 0 Å². The third kappa shape index (κ3) is 2.44. The highest BCUT2D eigenvalue weighted by Crippen LogP contribution is 2.28. The summed E-state index contributed by atoms with van der Waals surface area (Å²) in [7, 11) is 1.57. The van der Waals surface area contributed by atoms with Gasteiger partial charge < -0.3 is 14.4 Å². The predicted octanol–water partition coefficient (Wildman–Crippen LogP) is 1.98. The van der Waals surface area contributed by atoms with Crippen molar-refractivity contribution in [3.8, 4) is 17.0 Å². The van der Waals surface area contributed by atoms with E-state index >= 15 is 0 Å². The van der Waals surface area contributed by atoms with Crippen LogP contribution in [0.4, 0.5) is 0 Å². The maximum atomic E-state index is 10.5. The molecule has 0 bridgehead atoms. The minimum Gasteiger partial charge on any atom is -0.496 e. The summed E-state index contributed by atoms with van der Waals surface area (Å²) in [5.41, 5.74) is 1.34. The summed E-state index contributed by atoms with van der Waals surface area (Å²) < 4.78 is 10.1. The monoisotopic (exact) mass is 233 g/mol. The second-order valence-electron chi connectivity index (χ2n) is 3.45. The van der Waals surface area contributed by atoms with E-state index in [1.54, 1.807) is 19.2 Å². The van der Waals surface area contributed by atoms with Gasteiger partial charge in [0.1, 0.15) is 23.6 Å². The molecule has 0 fully saturated rings. The number of hydrogen-bond acceptors (Lipinski definition) is 4. The standard InChI is InChI=1S/C12H11NO4/c1-16-11-5-3-2-4-9(11)10-6-8(17-13-10)7-12(14)15/h2-6H,7H2,1H3,(H,14,15). The van der Waals surface area contributed by atoms with E-state index in [1.807, 2.05) is 18.2 Å². The molecule has 0 saturated heterocycles. The lowest BCUT2D eigenvalue weighted by Crippen LogP contribution is -1.97. The zero-order valence-electron chi connectivity index (χ0n) is 9.21. The summed E-state index contributed by atoms with van der Waals surface area (Å²) in [6.07, 6.45) is -0.178. The molecule has 0 spiro atoms. The van der Waals surface area contributed by atoms with Crippen molar-refractivity contribution in [1.82, 2.24) is 5.16 Å². The highest BCUT2D eigenvalue weighted by atomic mass is 16.5. The smallest absolute Gasteiger partial charge is 0.311 e. The summed E-state index contributed by atoms with van der Waals surface area (Å²) >= 11 is 0. The first kappa shape index (κ1) is 11.2. The van der Waals surface area contributed by atoms with Gasteiger partial charge in [-0.2, -0.15) is 0 Å². The number of nitrogens with zero attached hydrogens (tertiary/aromatic N) is 1. The molecule has 0 aliphatic carbocycles. The van der Waals surface area contributed by atoms with Gasteiger partial charge in [0.25, 0.3) is 0 Å². The Labute approximate surface area is 97.6 Å². The van der Waals surface area contributed by atoms with Crippen molar-refractivity contribution in [2.75, 3.05) is 7.11 Å². The maximum Gasteiger partial charge on any atom is 0.311 e. The summed E-state index contributed by atoms with van der Waals surface area (Å²) in [5, 5.41) is 12.5. The van der Waals surface area contributed by atoms with Gasteiger partial charge in [0, 0.05) is 11.6 Å². The highest BCUT2D eigenvalue weighted by Gasteiger charge is 2.12. The lowest BCUT2D eigenvalue weighted by Gasteiger charge is -2.03. The molecule has 1 heterocycles. The number of rotatable bonds is 4. The summed E-state index contributed by atoms with van der Waals surface area (Å²) in [6, 6.07) is 8.94. The Morgan fingerprint density at radius 3 is 2.94 bits per heavy atom. The SMILES string of the molecule is COc1ccccc1-c1cc(CC(=O)O)on1. The van der Waals surface area contributed by atoms with Gasteiger partial charge in [0.05, 0.1) is 7.11 Å². The van der Waals surface area contributed by atoms with Gasteiger partial charge in [-0.05, 0) is 12.1 Å². The van der Waals surface area contributed by atoms with Crippen LogP contribution in [0.25, 0.3) is 11.3 Å². The van der Waals surface area contributed by atoms with Gasteiger partial charge in [0.2, 0.25) is 0 Å². The molecule has 0 aliphatic rings. The second-order valence-corrected chi connectivity index (χ2v) is 3.45. The van der Waals surface area contributed by atoms with Gasteiger partial charge in [-0.3, -0.25) is 4.79 Å². The van der Waals surface area contributed by atoms with Gasteiger partial charge >= 0.3 is 5.97 Å². The molecule has 2 rings (SSSR count). The predicted molar refractivity (Wildman–Crippen MR) is 59.8 cm³/mol. The van der Waals surface area contributed by atoms with E-state index in [0.29, 0.717) is 17.2 Å². The molecule has 5 nitrogen and oxygen atoms in total. The fourth-order valence-electron chi connectivity index (χ4n) is 1.53. The van der Waals surface area contributed by atoms with Crippen LogP contribution < -0.4 is 4.74 Å². The number of methoxy groups -OCH3 is 1. The van der Waals surface area contributed by atoms with Crippen LogP contribution in [0, 0.1) is 0 Å². The summed E-state index contributed by atoms with van der Waals surface area (Å²) in [5.74, 6) is 0.0359. The lowest BCUT2D eigenvalue weighted by atomic mass is 10.1. The van der Waals surface area contributed by atoms with E-state index in [2.05, 4.69) is 5.16 Å². The number of carbonyl (C=O) groups is 1. The second kappa shape index (κ2) is 4.69. The molecule has 1 aromatic carbocycles. The minimum atomic E-state index is -0.951. The van der Waals surface area contributed by atoms with Crippen molar-refractivity contribution < 1.29 is 19.2 Å². The Balaban J connectivity index is 2.33. The molecule has 1 N–H and O–H groups in total. The summed E-state index contributed by atoms with van der Waals surface area (Å²) in [4.78, 5) is 10.5. The molecule has 0 aliphatic heterocycles. The molecule has 0 radical (unpaired) electrons. The van der Waals surface area contributed by atoms with Crippen molar-refractivity contribution in [2.24, 2.45) is 0 Å². The Morgan fingerprint density at radius 2 is 2.24 bits per heavy atom. The molecule has 1 aromatic heterocycles. The number of ether oxygens (including phenoxy) is 1. The zero-order valence-corrected chi connectivity index (χ0v) is 9.21. The largest absolute Gasteiger partial charge is 0.496 e. The molecule has 0 saturated carbocycles. The Morgan fingerprint density at radius 1 is 1.47 bits per heavy atom. The van der Waals surface area contributed by atoms with Crippen LogP contribution in [0.1, 0.15) is 5.76 Å². The molecule has 17 heavy (non-hydrogen) atoms. The van der Waals surface area contributed by atoms with E-state index in [9.17, 15) is 4.79 Å². The molecule has 0 unspecified atom stereocenters. The third-order valence-electron chi connectivity index (χ3n) is 2.27. The normalized spacial score (nSPS) is 10.2. The van der Waals surface area contributed by atoms with E-state index in [1.165, 1.54) is 0 Å². The first-order valence-corrected chi connectivity index (χ1v) is 5.01. The number of carboxylic acid groups (broad SMARTS) is 1. The van der Waals surface area contributed by atoms with Crippen LogP contribution in [0.3, 0.4) is 0 Å². The fraction of sp³-hybridized carbons (Fsp3) is 0.167. The first-order chi connectivity index (χ1) is 8.20. The van der Waals surface area contributed by atoms with Gasteiger partial charge in [-0.25, -0.2) is 0 Å². The number of para-hydroxylation sites is 1. The number of aromatic nitrogens is 1. The summed E-state index contributed by atoms with van der Waals surface area (Å²) in [6.45, 7) is 0. The van der Waals surface area contributed by atoms with Crippen LogP contribution in [0.5, 0.6) is 5.75 Å². The van der Waals surface area contributed by atoms with Crippen LogP contribution in [-0.4, -0.2) is 23.3 Å². The van der Waals surface area contributed by atoms with Gasteiger partial charge in [0.15, 0.2) is 0 Å². The number of aliphatic carboxylic acids is 1. The molecule has 0 amide bonds. The third-order valence-corrected chi connectivity index (χ3v) is 2.27. The zero-order chi connectivity index (χ0) is 12.3. The van der Waals surface area contributed by atoms with Crippen molar-refractivity contribution in [2.45, 2.75) is 6.42 Å². The quantitative estimate of drug-likeness (QED) is 0.874. The number of hydrogen-bond donors (Lipinski definition) is 1. The van der Waals surface area contributed by atoms with Crippen LogP contribution >= 0.6 is 0 Å². The Hall–Kier alpha value is -2.30. The van der Waals surface area contributed by atoms with Crippen LogP contribution in [0.15, 0.2) is 34.9 Å². The van der Waals surface area contributed by atoms with E-state index in [4.69, 9.17) is 14.4 Å². The molecule has 0 atom stereocenters. The topological polar surface area (TPSA) is 72.6 Å². The molecule has 88 valence electrons. The molecule has 2 aromatic rings. The number of carboxylic acids is 1.